The van der Waals surface area contributed by atoms with E-state index in [0.29, 0.717) is 12.5 Å². The maximum Gasteiger partial charge on any atom is 0.417 e. The van der Waals surface area contributed by atoms with Crippen LogP contribution in [0.2, 0.25) is 0 Å². The Morgan fingerprint density at radius 1 is 1.29 bits per heavy atom. The molecule has 94 valence electrons. The Kier molecular flexibility index (Phi) is 4.40. The Labute approximate surface area is 101 Å². The Morgan fingerprint density at radius 3 is 2.47 bits per heavy atom. The van der Waals surface area contributed by atoms with E-state index >= 15 is 0 Å². The molecule has 17 heavy (non-hydrogen) atoms. The lowest BCUT2D eigenvalue weighted by molar-refractivity contribution is -0.137. The maximum absolute atomic E-state index is 13.1. The standard InChI is InChI=1S/C11H10ClF4N/c12-4-2-1-3-7-5-9(13)10(17)6-8(7)11(14,15)16/h1,3,5-6H,2,4,17H2. The van der Waals surface area contributed by atoms with E-state index in [1.807, 2.05) is 0 Å². The number of nitrogens with two attached hydrogens (primary N) is 1. The van der Waals surface area contributed by atoms with Crippen molar-refractivity contribution in [2.24, 2.45) is 0 Å². The van der Waals surface area contributed by atoms with Crippen LogP contribution in [0.3, 0.4) is 0 Å². The van der Waals surface area contributed by atoms with Gasteiger partial charge in [0.1, 0.15) is 5.82 Å². The molecule has 0 radical (unpaired) electrons. The molecule has 0 fully saturated rings. The zero-order valence-electron chi connectivity index (χ0n) is 8.69. The Morgan fingerprint density at radius 2 is 1.94 bits per heavy atom. The van der Waals surface area contributed by atoms with Crippen LogP contribution in [-0.2, 0) is 6.18 Å². The highest BCUT2D eigenvalue weighted by Gasteiger charge is 2.33. The summed E-state index contributed by atoms with van der Waals surface area (Å²) in [6, 6.07) is 1.36. The average Bonchev–Trinajstić information content (AvgIpc) is 2.21. The number of alkyl halides is 4. The van der Waals surface area contributed by atoms with E-state index in [4.69, 9.17) is 17.3 Å². The molecule has 1 nitrogen and oxygen atoms in total. The minimum atomic E-state index is -4.57. The molecule has 0 unspecified atom stereocenters. The van der Waals surface area contributed by atoms with E-state index in [1.54, 1.807) is 0 Å². The second kappa shape index (κ2) is 5.40. The Balaban J connectivity index is 3.22. The summed E-state index contributed by atoms with van der Waals surface area (Å²) in [5, 5.41) is 0. The van der Waals surface area contributed by atoms with Gasteiger partial charge in [-0.25, -0.2) is 4.39 Å². The molecule has 0 spiro atoms. The molecular weight excluding hydrogens is 258 g/mol. The van der Waals surface area contributed by atoms with Crippen LogP contribution in [0, 0.1) is 5.82 Å². The van der Waals surface area contributed by atoms with Crippen molar-refractivity contribution in [1.82, 2.24) is 0 Å². The molecule has 0 aliphatic carbocycles. The van der Waals surface area contributed by atoms with Crippen molar-refractivity contribution in [2.75, 3.05) is 11.6 Å². The molecule has 1 rings (SSSR count). The number of nitrogen functional groups attached to an aromatic ring is 1. The number of allylic oxidation sites excluding steroid dienone is 1. The van der Waals surface area contributed by atoms with Gasteiger partial charge in [-0.1, -0.05) is 12.2 Å². The number of rotatable bonds is 3. The highest BCUT2D eigenvalue weighted by Crippen LogP contribution is 2.34. The first kappa shape index (κ1) is 13.8. The zero-order chi connectivity index (χ0) is 13.1. The summed E-state index contributed by atoms with van der Waals surface area (Å²) in [6.07, 6.45) is -1.52. The minimum Gasteiger partial charge on any atom is -0.396 e. The minimum absolute atomic E-state index is 0.255. The van der Waals surface area contributed by atoms with Gasteiger partial charge in [0.05, 0.1) is 11.3 Å². The molecule has 1 aromatic rings. The fourth-order valence-electron chi connectivity index (χ4n) is 1.26. The van der Waals surface area contributed by atoms with Crippen LogP contribution in [0.5, 0.6) is 0 Å². The lowest BCUT2D eigenvalue weighted by atomic mass is 10.0. The van der Waals surface area contributed by atoms with E-state index in [2.05, 4.69) is 0 Å². The van der Waals surface area contributed by atoms with Gasteiger partial charge in [-0.2, -0.15) is 13.2 Å². The molecule has 0 aliphatic rings. The lowest BCUT2D eigenvalue weighted by Gasteiger charge is -2.11. The van der Waals surface area contributed by atoms with E-state index in [1.165, 1.54) is 12.2 Å². The van der Waals surface area contributed by atoms with Gasteiger partial charge in [-0.3, -0.25) is 0 Å². The summed E-state index contributed by atoms with van der Waals surface area (Å²) in [5.41, 5.74) is 3.39. The third kappa shape index (κ3) is 3.63. The van der Waals surface area contributed by atoms with Gasteiger partial charge in [0.2, 0.25) is 0 Å². The first-order valence-corrected chi connectivity index (χ1v) is 5.28. The van der Waals surface area contributed by atoms with Crippen molar-refractivity contribution < 1.29 is 17.6 Å². The van der Waals surface area contributed by atoms with Gasteiger partial charge < -0.3 is 5.73 Å². The predicted molar refractivity (Wildman–Crippen MR) is 60.2 cm³/mol. The molecule has 0 aliphatic heterocycles. The first-order valence-electron chi connectivity index (χ1n) is 4.75. The quantitative estimate of drug-likeness (QED) is 0.499. The fourth-order valence-corrected chi connectivity index (χ4v) is 1.39. The molecule has 0 saturated heterocycles. The van der Waals surface area contributed by atoms with E-state index in [-0.39, 0.29) is 11.4 Å². The molecular formula is C11H10ClF4N. The molecule has 6 heteroatoms. The smallest absolute Gasteiger partial charge is 0.396 e. The van der Waals surface area contributed by atoms with E-state index < -0.39 is 23.2 Å². The highest BCUT2D eigenvalue weighted by molar-refractivity contribution is 6.17. The summed E-state index contributed by atoms with van der Waals surface area (Å²) in [6.45, 7) is 0. The summed E-state index contributed by atoms with van der Waals surface area (Å²) >= 11 is 5.39. The van der Waals surface area contributed by atoms with Gasteiger partial charge in [0.15, 0.2) is 0 Å². The van der Waals surface area contributed by atoms with Crippen molar-refractivity contribution in [3.05, 3.63) is 35.2 Å². The van der Waals surface area contributed by atoms with Gasteiger partial charge in [-0.05, 0) is 24.1 Å². The Bertz CT molecular complexity index is 426. The normalized spacial score (nSPS) is 12.3. The van der Waals surface area contributed by atoms with Crippen molar-refractivity contribution in [3.8, 4) is 0 Å². The van der Waals surface area contributed by atoms with E-state index in [9.17, 15) is 17.6 Å². The molecule has 0 aromatic heterocycles. The van der Waals surface area contributed by atoms with Crippen molar-refractivity contribution in [3.63, 3.8) is 0 Å². The van der Waals surface area contributed by atoms with Crippen molar-refractivity contribution >= 4 is 23.4 Å². The Hall–Kier alpha value is -1.23. The van der Waals surface area contributed by atoms with Gasteiger partial charge in [0, 0.05) is 5.88 Å². The van der Waals surface area contributed by atoms with Gasteiger partial charge in [-0.15, -0.1) is 11.6 Å². The van der Waals surface area contributed by atoms with Crippen LogP contribution in [0.15, 0.2) is 18.2 Å². The van der Waals surface area contributed by atoms with Crippen LogP contribution in [-0.4, -0.2) is 5.88 Å². The van der Waals surface area contributed by atoms with Crippen LogP contribution >= 0.6 is 11.6 Å². The molecule has 1 aromatic carbocycles. The largest absolute Gasteiger partial charge is 0.417 e. The topological polar surface area (TPSA) is 26.0 Å². The maximum atomic E-state index is 13.1. The predicted octanol–water partition coefficient (Wildman–Crippen LogP) is 4.07. The molecule has 0 saturated carbocycles. The van der Waals surface area contributed by atoms with Crippen molar-refractivity contribution in [1.29, 1.82) is 0 Å². The molecule has 0 heterocycles. The van der Waals surface area contributed by atoms with Crippen LogP contribution < -0.4 is 5.73 Å². The number of hydrogen-bond acceptors (Lipinski definition) is 1. The van der Waals surface area contributed by atoms with Crippen molar-refractivity contribution in [2.45, 2.75) is 12.6 Å². The number of anilines is 1. The summed E-state index contributed by atoms with van der Waals surface area (Å²) in [7, 11) is 0. The number of benzene rings is 1. The third-order valence-electron chi connectivity index (χ3n) is 2.05. The SMILES string of the molecule is Nc1cc(C(F)(F)F)c(C=CCCCl)cc1F. The summed E-state index contributed by atoms with van der Waals surface area (Å²) < 4.78 is 51.0. The average molecular weight is 268 g/mol. The van der Waals surface area contributed by atoms with Crippen LogP contribution in [0.1, 0.15) is 17.5 Å². The second-order valence-electron chi connectivity index (χ2n) is 3.34. The highest BCUT2D eigenvalue weighted by atomic mass is 35.5. The lowest BCUT2D eigenvalue weighted by Crippen LogP contribution is -2.09. The van der Waals surface area contributed by atoms with Crippen LogP contribution in [0.4, 0.5) is 23.2 Å². The monoisotopic (exact) mass is 267 g/mol. The molecule has 0 bridgehead atoms. The van der Waals surface area contributed by atoms with E-state index in [0.717, 1.165) is 6.07 Å². The number of halogens is 5. The zero-order valence-corrected chi connectivity index (χ0v) is 9.45. The first-order chi connectivity index (χ1) is 7.86. The summed E-state index contributed by atoms with van der Waals surface area (Å²) in [5.74, 6) is -0.585. The van der Waals surface area contributed by atoms with Gasteiger partial charge in [0.25, 0.3) is 0 Å². The fraction of sp³-hybridized carbons (Fsp3) is 0.273. The molecule has 0 atom stereocenters. The van der Waals surface area contributed by atoms with Crippen LogP contribution in [0.25, 0.3) is 6.08 Å². The molecule has 0 amide bonds. The third-order valence-corrected chi connectivity index (χ3v) is 2.27. The molecule has 2 N–H and O–H groups in total. The van der Waals surface area contributed by atoms with Gasteiger partial charge >= 0.3 is 6.18 Å². The second-order valence-corrected chi connectivity index (χ2v) is 3.72. The number of hydrogen-bond donors (Lipinski definition) is 1. The summed E-state index contributed by atoms with van der Waals surface area (Å²) in [4.78, 5) is 0.